The molecular weight excluding hydrogens is 705 g/mol. The average molecular weight is 751 g/mol. The molecule has 4 aromatic rings. The van der Waals surface area contributed by atoms with E-state index in [0.29, 0.717) is 73.1 Å². The maximum absolute atomic E-state index is 13.3. The largest absolute Gasteiger partial charge is 0.491 e. The van der Waals surface area contributed by atoms with E-state index in [9.17, 15) is 22.8 Å². The summed E-state index contributed by atoms with van der Waals surface area (Å²) >= 11 is 0. The van der Waals surface area contributed by atoms with Crippen molar-refractivity contribution in [2.75, 3.05) is 42.6 Å². The quantitative estimate of drug-likeness (QED) is 0.0923. The number of benzene rings is 2. The van der Waals surface area contributed by atoms with Gasteiger partial charge in [0.1, 0.15) is 22.7 Å². The number of ether oxygens (including phenoxy) is 2. The van der Waals surface area contributed by atoms with Crippen molar-refractivity contribution in [1.82, 2.24) is 24.2 Å². The van der Waals surface area contributed by atoms with E-state index in [1.54, 1.807) is 33.2 Å². The van der Waals surface area contributed by atoms with Crippen LogP contribution in [0.5, 0.6) is 5.75 Å². The number of imidazole rings is 1. The molecule has 0 unspecified atom stereocenters. The summed E-state index contributed by atoms with van der Waals surface area (Å²) in [5.74, 6) is -0.300. The zero-order chi connectivity index (χ0) is 38.7. The molecule has 53 heavy (non-hydrogen) atoms. The maximum atomic E-state index is 13.3. The minimum Gasteiger partial charge on any atom is -0.491 e. The monoisotopic (exact) mass is 750 g/mol. The smallest absolute Gasteiger partial charge is 0.410 e. The van der Waals surface area contributed by atoms with Crippen molar-refractivity contribution in [3.8, 4) is 5.75 Å². The molecule has 2 aromatic carbocycles. The van der Waals surface area contributed by atoms with Crippen molar-refractivity contribution in [2.24, 2.45) is 16.8 Å². The molecule has 2 aromatic heterocycles. The molecule has 3 amide bonds. The van der Waals surface area contributed by atoms with Gasteiger partial charge in [0, 0.05) is 38.3 Å². The molecule has 0 atom stereocenters. The Morgan fingerprint density at radius 1 is 1.09 bits per heavy atom. The van der Waals surface area contributed by atoms with Crippen LogP contribution in [0, 0.1) is 12.8 Å². The van der Waals surface area contributed by atoms with Gasteiger partial charge in [0.15, 0.2) is 0 Å². The topological polar surface area (TPSA) is 245 Å². The first-order valence-electron chi connectivity index (χ1n) is 17.0. The van der Waals surface area contributed by atoms with E-state index < -0.39 is 27.4 Å². The Kier molecular flexibility index (Phi) is 11.3. The summed E-state index contributed by atoms with van der Waals surface area (Å²) in [6.45, 7) is 11.6. The van der Waals surface area contributed by atoms with Crippen molar-refractivity contribution in [2.45, 2.75) is 64.6 Å². The Bertz CT molecular complexity index is 2160. The molecule has 8 N–H and O–H groups in total. The second-order valence-corrected chi connectivity index (χ2v) is 15.3. The van der Waals surface area contributed by atoms with Gasteiger partial charge in [-0.2, -0.15) is 5.10 Å². The molecule has 0 aliphatic carbocycles. The normalized spacial score (nSPS) is 13.7. The number of sulfonamides is 1. The first-order chi connectivity index (χ1) is 24.9. The SMILES string of the molecule is CCn1nc(C)cc1C(=O)Nc1nc2cc(S(N)(=O)=O)ccc2n1C/C=C/CNc1c(N)cc(C(N)=O)cc1OCCC1CN(C(=O)OC(C)(C)C)C1. The van der Waals surface area contributed by atoms with E-state index in [-0.39, 0.29) is 40.7 Å². The Morgan fingerprint density at radius 3 is 2.49 bits per heavy atom. The number of amides is 3. The van der Waals surface area contributed by atoms with Gasteiger partial charge in [0.2, 0.25) is 21.9 Å². The van der Waals surface area contributed by atoms with Crippen LogP contribution >= 0.6 is 0 Å². The molecule has 0 radical (unpaired) electrons. The highest BCUT2D eigenvalue weighted by molar-refractivity contribution is 7.89. The number of aryl methyl sites for hydroxylation is 2. The Labute approximate surface area is 307 Å². The van der Waals surface area contributed by atoms with Gasteiger partial charge in [-0.05, 0) is 83.4 Å². The molecule has 0 bridgehead atoms. The van der Waals surface area contributed by atoms with E-state index in [1.165, 1.54) is 24.3 Å². The number of nitrogens with two attached hydrogens (primary N) is 3. The molecule has 1 saturated heterocycles. The fraction of sp³-hybridized carbons (Fsp3) is 0.400. The number of hydrogen-bond donors (Lipinski definition) is 5. The fourth-order valence-corrected chi connectivity index (χ4v) is 6.31. The molecule has 284 valence electrons. The lowest BCUT2D eigenvalue weighted by atomic mass is 9.97. The number of allylic oxidation sites excluding steroid dienone is 1. The highest BCUT2D eigenvalue weighted by atomic mass is 32.2. The number of hydrogen-bond acceptors (Lipinski definition) is 11. The van der Waals surface area contributed by atoms with Gasteiger partial charge in [0.05, 0.1) is 33.9 Å². The lowest BCUT2D eigenvalue weighted by Gasteiger charge is -2.39. The number of fused-ring (bicyclic) bond motifs is 1. The maximum Gasteiger partial charge on any atom is 0.410 e. The third kappa shape index (κ3) is 9.44. The summed E-state index contributed by atoms with van der Waals surface area (Å²) in [7, 11) is -3.99. The van der Waals surface area contributed by atoms with Crippen molar-refractivity contribution in [1.29, 1.82) is 0 Å². The minimum atomic E-state index is -3.99. The summed E-state index contributed by atoms with van der Waals surface area (Å²) < 4.78 is 38.9. The fourth-order valence-electron chi connectivity index (χ4n) is 5.77. The number of anilines is 3. The minimum absolute atomic E-state index is 0.111. The number of nitrogen functional groups attached to an aromatic ring is 1. The number of rotatable bonds is 14. The van der Waals surface area contributed by atoms with E-state index in [2.05, 4.69) is 20.7 Å². The summed E-state index contributed by atoms with van der Waals surface area (Å²) in [5, 5.41) is 15.8. The van der Waals surface area contributed by atoms with E-state index >= 15 is 0 Å². The Balaban J connectivity index is 1.27. The van der Waals surface area contributed by atoms with E-state index in [1.807, 2.05) is 39.8 Å². The number of aromatic nitrogens is 4. The van der Waals surface area contributed by atoms with Gasteiger partial charge in [-0.25, -0.2) is 23.3 Å². The highest BCUT2D eigenvalue weighted by Crippen LogP contribution is 2.33. The second kappa shape index (κ2) is 15.5. The number of carbonyl (C=O) groups is 3. The van der Waals surface area contributed by atoms with Crippen LogP contribution in [0.15, 0.2) is 53.4 Å². The van der Waals surface area contributed by atoms with Gasteiger partial charge in [-0.3, -0.25) is 19.6 Å². The molecule has 1 aliphatic heterocycles. The van der Waals surface area contributed by atoms with Crippen LogP contribution in [0.1, 0.15) is 60.7 Å². The van der Waals surface area contributed by atoms with Gasteiger partial charge in [0.25, 0.3) is 5.91 Å². The summed E-state index contributed by atoms with van der Waals surface area (Å²) in [4.78, 5) is 43.6. The average Bonchev–Trinajstić information content (AvgIpc) is 3.60. The van der Waals surface area contributed by atoms with Gasteiger partial charge < -0.3 is 35.7 Å². The van der Waals surface area contributed by atoms with Crippen LogP contribution in [-0.4, -0.2) is 82.4 Å². The molecule has 0 saturated carbocycles. The summed E-state index contributed by atoms with van der Waals surface area (Å²) in [5.41, 5.74) is 14.1. The van der Waals surface area contributed by atoms with Crippen molar-refractivity contribution < 1.29 is 32.3 Å². The third-order valence-corrected chi connectivity index (χ3v) is 9.28. The van der Waals surface area contributed by atoms with Crippen LogP contribution in [0.3, 0.4) is 0 Å². The number of carbonyl (C=O) groups excluding carboxylic acids is 3. The number of nitrogens with zero attached hydrogens (tertiary/aromatic N) is 5. The number of primary amides is 1. The first-order valence-corrected chi connectivity index (χ1v) is 18.6. The number of likely N-dealkylation sites (tertiary alicyclic amines) is 1. The zero-order valence-corrected chi connectivity index (χ0v) is 31.2. The number of primary sulfonamides is 1. The van der Waals surface area contributed by atoms with Gasteiger partial charge in [-0.15, -0.1) is 0 Å². The van der Waals surface area contributed by atoms with Crippen molar-refractivity contribution in [3.63, 3.8) is 0 Å². The van der Waals surface area contributed by atoms with Crippen LogP contribution in [-0.2, 0) is 27.8 Å². The van der Waals surface area contributed by atoms with Gasteiger partial charge >= 0.3 is 6.09 Å². The lowest BCUT2D eigenvalue weighted by Crippen LogP contribution is -2.51. The third-order valence-electron chi connectivity index (χ3n) is 8.37. The predicted octanol–water partition coefficient (Wildman–Crippen LogP) is 3.45. The van der Waals surface area contributed by atoms with Crippen LogP contribution in [0.25, 0.3) is 11.0 Å². The van der Waals surface area contributed by atoms with Crippen LogP contribution in [0.4, 0.5) is 22.1 Å². The number of nitrogens with one attached hydrogen (secondary N) is 2. The summed E-state index contributed by atoms with van der Waals surface area (Å²) in [6.07, 6.45) is 3.98. The molecule has 1 fully saturated rings. The van der Waals surface area contributed by atoms with Gasteiger partial charge in [-0.1, -0.05) is 12.2 Å². The standard InChI is InChI=1S/C35H46N10O7S/c1-6-45-28(15-21(2)42-45)32(47)41-33-40-26-18-24(53(38,49)50)9-10-27(26)44(33)13-8-7-12-39-30-25(36)16-23(31(37)46)17-29(30)51-14-11-22-19-43(20-22)34(48)52-35(3,4)5/h7-10,15-18,22,39H,6,11-14,19-20,36H2,1-5H3,(H2,37,46)(H2,38,49,50)(H,40,41,47)/b8-7+. The molecule has 1 aliphatic rings. The molecule has 17 nitrogen and oxygen atoms in total. The van der Waals surface area contributed by atoms with E-state index in [0.717, 1.165) is 0 Å². The first kappa shape index (κ1) is 38.6. The van der Waals surface area contributed by atoms with Crippen LogP contribution in [0.2, 0.25) is 0 Å². The van der Waals surface area contributed by atoms with Crippen molar-refractivity contribution >= 4 is 56.3 Å². The summed E-state index contributed by atoms with van der Waals surface area (Å²) in [6, 6.07) is 8.99. The van der Waals surface area contributed by atoms with Crippen molar-refractivity contribution in [3.05, 3.63) is 65.5 Å². The predicted molar refractivity (Wildman–Crippen MR) is 200 cm³/mol. The Hall–Kier alpha value is -5.62. The molecular formula is C35H46N10O7S. The van der Waals surface area contributed by atoms with Crippen LogP contribution < -0.4 is 32.0 Å². The Morgan fingerprint density at radius 2 is 1.83 bits per heavy atom. The molecule has 5 rings (SSSR count). The van der Waals surface area contributed by atoms with E-state index in [4.69, 9.17) is 26.1 Å². The molecule has 18 heteroatoms. The zero-order valence-electron chi connectivity index (χ0n) is 30.4. The lowest BCUT2D eigenvalue weighted by molar-refractivity contribution is -0.00383. The molecule has 3 heterocycles. The highest BCUT2D eigenvalue weighted by Gasteiger charge is 2.33. The molecule has 0 spiro atoms. The second-order valence-electron chi connectivity index (χ2n) is 13.7.